The molecular formula is C15H32N2O. The van der Waals surface area contributed by atoms with Crippen molar-refractivity contribution in [1.29, 1.82) is 0 Å². The number of nitrogens with zero attached hydrogens (tertiary/aromatic N) is 2. The predicted molar refractivity (Wildman–Crippen MR) is 78.9 cm³/mol. The van der Waals surface area contributed by atoms with Crippen LogP contribution in [0.4, 0.5) is 0 Å². The van der Waals surface area contributed by atoms with Crippen LogP contribution in [0.25, 0.3) is 0 Å². The van der Waals surface area contributed by atoms with Crippen LogP contribution in [0.5, 0.6) is 0 Å². The van der Waals surface area contributed by atoms with Gasteiger partial charge < -0.3 is 14.6 Å². The third kappa shape index (κ3) is 7.83. The number of aldehydes is 1. The molecule has 1 unspecified atom stereocenters. The van der Waals surface area contributed by atoms with Gasteiger partial charge in [-0.3, -0.25) is 0 Å². The average Bonchev–Trinajstić information content (AvgIpc) is 2.25. The van der Waals surface area contributed by atoms with Crippen LogP contribution >= 0.6 is 0 Å². The third-order valence-electron chi connectivity index (χ3n) is 3.18. The molecule has 0 saturated carbocycles. The van der Waals surface area contributed by atoms with E-state index in [1.54, 1.807) is 0 Å². The summed E-state index contributed by atoms with van der Waals surface area (Å²) in [5.74, 6) is 0.643. The molecule has 0 radical (unpaired) electrons. The van der Waals surface area contributed by atoms with Gasteiger partial charge in [-0.05, 0) is 26.4 Å². The second-order valence-corrected chi connectivity index (χ2v) is 6.45. The van der Waals surface area contributed by atoms with Gasteiger partial charge >= 0.3 is 0 Å². The maximum absolute atomic E-state index is 11.3. The fourth-order valence-electron chi connectivity index (χ4n) is 2.35. The highest BCUT2D eigenvalue weighted by molar-refractivity contribution is 5.58. The Hall–Kier alpha value is -0.410. The van der Waals surface area contributed by atoms with Gasteiger partial charge in [-0.25, -0.2) is 0 Å². The molecule has 0 N–H and O–H groups in total. The number of rotatable bonds is 10. The fraction of sp³-hybridized carbons (Fsp3) is 0.933. The molecule has 0 bridgehead atoms. The van der Waals surface area contributed by atoms with Crippen molar-refractivity contribution in [3.8, 4) is 0 Å². The lowest BCUT2D eigenvalue weighted by Gasteiger charge is -2.33. The molecular weight excluding hydrogens is 224 g/mol. The minimum atomic E-state index is -0.185. The molecule has 0 aliphatic heterocycles. The van der Waals surface area contributed by atoms with Crippen molar-refractivity contribution in [3.05, 3.63) is 0 Å². The van der Waals surface area contributed by atoms with Crippen LogP contribution in [0.3, 0.4) is 0 Å². The second-order valence-electron chi connectivity index (χ2n) is 6.45. The van der Waals surface area contributed by atoms with E-state index in [0.717, 1.165) is 45.3 Å². The van der Waals surface area contributed by atoms with Crippen molar-refractivity contribution in [3.63, 3.8) is 0 Å². The Bertz CT molecular complexity index is 229. The predicted octanol–water partition coefficient (Wildman–Crippen LogP) is 2.51. The molecule has 3 heteroatoms. The lowest BCUT2D eigenvalue weighted by atomic mass is 9.86. The molecule has 0 aromatic rings. The zero-order chi connectivity index (χ0) is 14.2. The van der Waals surface area contributed by atoms with E-state index in [2.05, 4.69) is 51.6 Å². The molecule has 0 rings (SSSR count). The van der Waals surface area contributed by atoms with Crippen LogP contribution in [-0.2, 0) is 4.79 Å². The van der Waals surface area contributed by atoms with Gasteiger partial charge in [0.1, 0.15) is 6.29 Å². The zero-order valence-corrected chi connectivity index (χ0v) is 13.2. The summed E-state index contributed by atoms with van der Waals surface area (Å²) in [7, 11) is 4.19. The van der Waals surface area contributed by atoms with E-state index in [0.29, 0.717) is 5.92 Å². The first-order valence-electron chi connectivity index (χ1n) is 7.16. The number of carbonyl (C=O) groups is 1. The van der Waals surface area contributed by atoms with Gasteiger partial charge in [0.2, 0.25) is 0 Å². The summed E-state index contributed by atoms with van der Waals surface area (Å²) < 4.78 is 0. The van der Waals surface area contributed by atoms with Crippen molar-refractivity contribution in [1.82, 2.24) is 9.80 Å². The highest BCUT2D eigenvalue weighted by atomic mass is 16.1. The highest BCUT2D eigenvalue weighted by Crippen LogP contribution is 2.22. The molecule has 1 atom stereocenters. The Kier molecular flexibility index (Phi) is 8.45. The Morgan fingerprint density at radius 3 is 2.22 bits per heavy atom. The minimum Gasteiger partial charge on any atom is -0.308 e. The van der Waals surface area contributed by atoms with Gasteiger partial charge in [0, 0.05) is 31.6 Å². The molecule has 108 valence electrons. The van der Waals surface area contributed by atoms with E-state index in [1.807, 2.05) is 0 Å². The van der Waals surface area contributed by atoms with Gasteiger partial charge in [0.15, 0.2) is 0 Å². The first-order valence-corrected chi connectivity index (χ1v) is 7.16. The molecule has 0 aliphatic carbocycles. The lowest BCUT2D eigenvalue weighted by Crippen LogP contribution is -2.42. The minimum absolute atomic E-state index is 0.185. The highest BCUT2D eigenvalue weighted by Gasteiger charge is 2.26. The van der Waals surface area contributed by atoms with E-state index in [9.17, 15) is 4.79 Å². The summed E-state index contributed by atoms with van der Waals surface area (Å²) in [4.78, 5) is 16.0. The van der Waals surface area contributed by atoms with Crippen LogP contribution in [0.1, 0.15) is 40.5 Å². The number of hydrogen-bond donors (Lipinski definition) is 0. The zero-order valence-electron chi connectivity index (χ0n) is 13.2. The number of hydrogen-bond acceptors (Lipinski definition) is 3. The Morgan fingerprint density at radius 2 is 1.83 bits per heavy atom. The summed E-state index contributed by atoms with van der Waals surface area (Å²) >= 11 is 0. The van der Waals surface area contributed by atoms with Gasteiger partial charge in [-0.1, -0.05) is 34.1 Å². The summed E-state index contributed by atoms with van der Waals surface area (Å²) in [5, 5.41) is 0. The molecule has 0 fully saturated rings. The van der Waals surface area contributed by atoms with Gasteiger partial charge in [-0.15, -0.1) is 0 Å². The van der Waals surface area contributed by atoms with Crippen molar-refractivity contribution in [2.45, 2.75) is 40.5 Å². The van der Waals surface area contributed by atoms with Crippen molar-refractivity contribution < 1.29 is 4.79 Å². The smallest absolute Gasteiger partial charge is 0.127 e. The molecule has 0 aromatic heterocycles. The monoisotopic (exact) mass is 256 g/mol. The lowest BCUT2D eigenvalue weighted by molar-refractivity contribution is -0.117. The molecule has 0 heterocycles. The summed E-state index contributed by atoms with van der Waals surface area (Å²) in [6.45, 7) is 12.8. The Labute approximate surface area is 114 Å². The summed E-state index contributed by atoms with van der Waals surface area (Å²) in [6, 6.07) is 0. The van der Waals surface area contributed by atoms with Gasteiger partial charge in [-0.2, -0.15) is 0 Å². The molecule has 0 aromatic carbocycles. The standard InChI is InChI=1S/C15H32N2O/c1-7-8-15(4,13-18)12-17(11-14(2)3)10-9-16(5)6/h13-14H,7-12H2,1-6H3. The van der Waals surface area contributed by atoms with Crippen LogP contribution in [0.15, 0.2) is 0 Å². The topological polar surface area (TPSA) is 23.6 Å². The molecule has 3 nitrogen and oxygen atoms in total. The second kappa shape index (κ2) is 8.65. The Balaban J connectivity index is 4.48. The largest absolute Gasteiger partial charge is 0.308 e. The van der Waals surface area contributed by atoms with Crippen LogP contribution in [-0.4, -0.2) is 56.4 Å². The van der Waals surface area contributed by atoms with Crippen molar-refractivity contribution >= 4 is 6.29 Å². The summed E-state index contributed by atoms with van der Waals surface area (Å²) in [5.41, 5.74) is -0.185. The molecule has 0 spiro atoms. The molecule has 0 saturated heterocycles. The Morgan fingerprint density at radius 1 is 1.22 bits per heavy atom. The maximum atomic E-state index is 11.3. The first kappa shape index (κ1) is 17.6. The fourth-order valence-corrected chi connectivity index (χ4v) is 2.35. The number of carbonyl (C=O) groups excluding carboxylic acids is 1. The van der Waals surface area contributed by atoms with Gasteiger partial charge in [0.25, 0.3) is 0 Å². The van der Waals surface area contributed by atoms with E-state index >= 15 is 0 Å². The van der Waals surface area contributed by atoms with Crippen LogP contribution < -0.4 is 0 Å². The van der Waals surface area contributed by atoms with Crippen LogP contribution in [0, 0.1) is 11.3 Å². The molecule has 0 amide bonds. The third-order valence-corrected chi connectivity index (χ3v) is 3.18. The van der Waals surface area contributed by atoms with E-state index in [1.165, 1.54) is 0 Å². The van der Waals surface area contributed by atoms with Gasteiger partial charge in [0.05, 0.1) is 0 Å². The molecule has 0 aliphatic rings. The normalized spacial score (nSPS) is 15.4. The average molecular weight is 256 g/mol. The van der Waals surface area contributed by atoms with Crippen molar-refractivity contribution in [2.24, 2.45) is 11.3 Å². The molecule has 18 heavy (non-hydrogen) atoms. The quantitative estimate of drug-likeness (QED) is 0.561. The van der Waals surface area contributed by atoms with E-state index in [-0.39, 0.29) is 5.41 Å². The van der Waals surface area contributed by atoms with E-state index in [4.69, 9.17) is 0 Å². The SMILES string of the molecule is CCCC(C)(C=O)CN(CCN(C)C)CC(C)C. The maximum Gasteiger partial charge on any atom is 0.127 e. The van der Waals surface area contributed by atoms with Crippen LogP contribution in [0.2, 0.25) is 0 Å². The first-order chi connectivity index (χ1) is 8.33. The van der Waals surface area contributed by atoms with Crippen molar-refractivity contribution in [2.75, 3.05) is 40.3 Å². The number of likely N-dealkylation sites (N-methyl/N-ethyl adjacent to an activating group) is 1. The van der Waals surface area contributed by atoms with E-state index < -0.39 is 0 Å². The summed E-state index contributed by atoms with van der Waals surface area (Å²) in [6.07, 6.45) is 3.20.